The van der Waals surface area contributed by atoms with E-state index in [9.17, 15) is 10.1 Å². The van der Waals surface area contributed by atoms with Gasteiger partial charge in [-0.15, -0.1) is 0 Å². The summed E-state index contributed by atoms with van der Waals surface area (Å²) in [4.78, 5) is 13.6. The first kappa shape index (κ1) is 25.0. The summed E-state index contributed by atoms with van der Waals surface area (Å²) in [5.74, 6) is 0.170. The van der Waals surface area contributed by atoms with E-state index in [0.29, 0.717) is 33.9 Å². The lowest BCUT2D eigenvalue weighted by atomic mass is 9.83. The second kappa shape index (κ2) is 9.47. The summed E-state index contributed by atoms with van der Waals surface area (Å²) in [5, 5.41) is 15.7. The van der Waals surface area contributed by atoms with E-state index in [-0.39, 0.29) is 22.8 Å². The monoisotopic (exact) mass is 530 g/mol. The van der Waals surface area contributed by atoms with Crippen LogP contribution in [0.4, 0.5) is 0 Å². The summed E-state index contributed by atoms with van der Waals surface area (Å²) in [7, 11) is 0. The molecule has 1 aliphatic rings. The summed E-state index contributed by atoms with van der Waals surface area (Å²) >= 11 is 0. The van der Waals surface area contributed by atoms with Crippen LogP contribution in [-0.2, 0) is 0 Å². The third kappa shape index (κ3) is 4.09. The first-order valence-corrected chi connectivity index (χ1v) is 12.8. The van der Waals surface area contributed by atoms with Gasteiger partial charge in [-0.2, -0.15) is 10.4 Å². The first-order chi connectivity index (χ1) is 19.2. The Balaban J connectivity index is 1.66. The largest absolute Gasteiger partial charge is 0.439 e. The number of aryl methyl sites for hydroxylation is 4. The van der Waals surface area contributed by atoms with Gasteiger partial charge in [0.05, 0.1) is 33.8 Å². The molecule has 3 aromatic carbocycles. The molecule has 0 bridgehead atoms. The number of benzene rings is 3. The molecule has 2 aromatic heterocycles. The Morgan fingerprint density at radius 2 is 1.57 bits per heavy atom. The highest BCUT2D eigenvalue weighted by Gasteiger charge is 2.40. The number of nitrogens with two attached hydrogens (primary N) is 1. The number of rotatable bonds is 4. The molecule has 198 valence electrons. The van der Waals surface area contributed by atoms with Crippen molar-refractivity contribution in [1.29, 1.82) is 5.26 Å². The quantitative estimate of drug-likeness (QED) is 0.274. The molecule has 0 aliphatic carbocycles. The molecular weight excluding hydrogens is 504 g/mol. The molecule has 5 aromatic rings. The van der Waals surface area contributed by atoms with E-state index in [1.165, 1.54) is 0 Å². The average molecular weight is 531 g/mol. The average Bonchev–Trinajstić information content (AvgIpc) is 3.25. The molecule has 2 N–H and O–H groups in total. The lowest BCUT2D eigenvalue weighted by Gasteiger charge is -2.26. The van der Waals surface area contributed by atoms with Gasteiger partial charge in [0.15, 0.2) is 5.75 Å². The molecule has 1 atom stereocenters. The molecule has 0 amide bonds. The molecule has 8 nitrogen and oxygen atoms in total. The molecule has 0 saturated carbocycles. The van der Waals surface area contributed by atoms with Gasteiger partial charge in [0.2, 0.25) is 11.8 Å². The standard InChI is InChI=1S/C32H26N4O4/c1-17-5-10-21(11-6-17)36-31(38-22-12-7-18(2)8-13-22)26(20(4)35-36)27-24(16-33)30(34)40-29-23-15-19(3)9-14-25(23)39-32(37)28(27)29/h5-15,27H,34H2,1-4H3. The summed E-state index contributed by atoms with van der Waals surface area (Å²) in [6.45, 7) is 7.74. The normalized spacial score (nSPS) is 14.5. The number of hydrogen-bond acceptors (Lipinski definition) is 7. The van der Waals surface area contributed by atoms with Crippen LogP contribution in [0.25, 0.3) is 16.7 Å². The molecule has 0 radical (unpaired) electrons. The molecule has 0 spiro atoms. The maximum atomic E-state index is 13.6. The fourth-order valence-corrected chi connectivity index (χ4v) is 5.05. The highest BCUT2D eigenvalue weighted by molar-refractivity contribution is 5.86. The highest BCUT2D eigenvalue weighted by atomic mass is 16.5. The lowest BCUT2D eigenvalue weighted by Crippen LogP contribution is -2.26. The van der Waals surface area contributed by atoms with E-state index in [1.54, 1.807) is 10.7 Å². The van der Waals surface area contributed by atoms with E-state index in [0.717, 1.165) is 22.4 Å². The summed E-state index contributed by atoms with van der Waals surface area (Å²) in [6.07, 6.45) is 0. The van der Waals surface area contributed by atoms with Crippen molar-refractivity contribution in [3.05, 3.63) is 122 Å². The van der Waals surface area contributed by atoms with Crippen LogP contribution >= 0.6 is 0 Å². The van der Waals surface area contributed by atoms with Crippen LogP contribution in [0.2, 0.25) is 0 Å². The van der Waals surface area contributed by atoms with Crippen LogP contribution in [0, 0.1) is 39.0 Å². The summed E-state index contributed by atoms with van der Waals surface area (Å²) in [6, 6.07) is 23.0. The maximum Gasteiger partial charge on any atom is 0.344 e. The molecule has 0 saturated heterocycles. The minimum absolute atomic E-state index is 0.0760. The number of allylic oxidation sites excluding steroid dienone is 1. The number of nitrogens with zero attached hydrogens (tertiary/aromatic N) is 3. The van der Waals surface area contributed by atoms with Crippen LogP contribution in [0.15, 0.2) is 87.4 Å². The van der Waals surface area contributed by atoms with Gasteiger partial charge in [0, 0.05) is 0 Å². The third-order valence-corrected chi connectivity index (χ3v) is 7.09. The Hall–Kier alpha value is -5.29. The lowest BCUT2D eigenvalue weighted by molar-refractivity contribution is 0.385. The summed E-state index contributed by atoms with van der Waals surface area (Å²) in [5.41, 5.74) is 11.3. The zero-order valence-electron chi connectivity index (χ0n) is 22.5. The molecule has 3 heterocycles. The zero-order chi connectivity index (χ0) is 28.1. The molecular formula is C32H26N4O4. The fourth-order valence-electron chi connectivity index (χ4n) is 5.05. The zero-order valence-corrected chi connectivity index (χ0v) is 22.5. The molecule has 8 heteroatoms. The molecule has 1 unspecified atom stereocenters. The van der Waals surface area contributed by atoms with Crippen molar-refractivity contribution >= 4 is 11.0 Å². The third-order valence-electron chi connectivity index (χ3n) is 7.09. The molecule has 40 heavy (non-hydrogen) atoms. The van der Waals surface area contributed by atoms with Crippen molar-refractivity contribution in [3.63, 3.8) is 0 Å². The van der Waals surface area contributed by atoms with E-state index in [1.807, 2.05) is 88.4 Å². The SMILES string of the molecule is Cc1ccc(Oc2c(C3C(C#N)=C(N)Oc4c3c(=O)oc3ccc(C)cc43)c(C)nn2-c2ccc(C)cc2)cc1. The van der Waals surface area contributed by atoms with Gasteiger partial charge in [-0.25, -0.2) is 9.48 Å². The summed E-state index contributed by atoms with van der Waals surface area (Å²) < 4.78 is 19.9. The van der Waals surface area contributed by atoms with Crippen molar-refractivity contribution < 1.29 is 13.9 Å². The Bertz CT molecular complexity index is 1920. The molecule has 0 fully saturated rings. The Morgan fingerprint density at radius 1 is 0.925 bits per heavy atom. The van der Waals surface area contributed by atoms with Gasteiger partial charge in [0.25, 0.3) is 0 Å². The number of hydrogen-bond donors (Lipinski definition) is 1. The van der Waals surface area contributed by atoms with Crippen molar-refractivity contribution in [3.8, 4) is 29.1 Å². The van der Waals surface area contributed by atoms with Crippen LogP contribution in [0.3, 0.4) is 0 Å². The topological polar surface area (TPSA) is 116 Å². The minimum Gasteiger partial charge on any atom is -0.439 e. The van der Waals surface area contributed by atoms with Gasteiger partial charge in [-0.05, 0) is 64.1 Å². The van der Waals surface area contributed by atoms with Gasteiger partial charge in [-0.3, -0.25) is 0 Å². The van der Waals surface area contributed by atoms with Crippen LogP contribution in [0.5, 0.6) is 17.4 Å². The number of aromatic nitrogens is 2. The van der Waals surface area contributed by atoms with Crippen molar-refractivity contribution in [2.24, 2.45) is 5.73 Å². The first-order valence-electron chi connectivity index (χ1n) is 12.8. The van der Waals surface area contributed by atoms with E-state index in [4.69, 9.17) is 24.7 Å². The number of fused-ring (bicyclic) bond motifs is 3. The van der Waals surface area contributed by atoms with Crippen LogP contribution in [-0.4, -0.2) is 9.78 Å². The van der Waals surface area contributed by atoms with Crippen molar-refractivity contribution in [2.75, 3.05) is 0 Å². The smallest absolute Gasteiger partial charge is 0.344 e. The fraction of sp³-hybridized carbons (Fsp3) is 0.156. The van der Waals surface area contributed by atoms with Gasteiger partial charge in [-0.1, -0.05) is 47.0 Å². The van der Waals surface area contributed by atoms with Crippen LogP contribution < -0.4 is 20.8 Å². The second-order valence-corrected chi connectivity index (χ2v) is 10.0. The molecule has 1 aliphatic heterocycles. The number of ether oxygens (including phenoxy) is 2. The van der Waals surface area contributed by atoms with Crippen molar-refractivity contribution in [2.45, 2.75) is 33.6 Å². The predicted molar refractivity (Wildman–Crippen MR) is 151 cm³/mol. The van der Waals surface area contributed by atoms with Crippen LogP contribution in [0.1, 0.15) is 39.4 Å². The van der Waals surface area contributed by atoms with Gasteiger partial charge < -0.3 is 19.6 Å². The Kier molecular flexibility index (Phi) is 5.92. The Labute approximate surface area is 230 Å². The second-order valence-electron chi connectivity index (χ2n) is 10.0. The van der Waals surface area contributed by atoms with Crippen molar-refractivity contribution in [1.82, 2.24) is 9.78 Å². The molecule has 6 rings (SSSR count). The number of nitriles is 1. The van der Waals surface area contributed by atoms with Gasteiger partial charge >= 0.3 is 5.63 Å². The van der Waals surface area contributed by atoms with E-state index in [2.05, 4.69) is 6.07 Å². The predicted octanol–water partition coefficient (Wildman–Crippen LogP) is 6.22. The highest BCUT2D eigenvalue weighted by Crippen LogP contribution is 2.48. The Morgan fingerprint density at radius 3 is 2.25 bits per heavy atom. The van der Waals surface area contributed by atoms with Gasteiger partial charge in [0.1, 0.15) is 23.0 Å². The maximum absolute atomic E-state index is 13.6. The van der Waals surface area contributed by atoms with E-state index < -0.39 is 11.5 Å². The van der Waals surface area contributed by atoms with E-state index >= 15 is 0 Å². The minimum atomic E-state index is -0.936.